The van der Waals surface area contributed by atoms with Gasteiger partial charge in [-0.2, -0.15) is 0 Å². The van der Waals surface area contributed by atoms with E-state index >= 15 is 0 Å². The summed E-state index contributed by atoms with van der Waals surface area (Å²) >= 11 is 0. The number of hydrogen-bond acceptors (Lipinski definition) is 3. The Hall–Kier alpha value is -3.17. The van der Waals surface area contributed by atoms with E-state index in [0.717, 1.165) is 45.0 Å². The van der Waals surface area contributed by atoms with Crippen LogP contribution in [0.3, 0.4) is 0 Å². The molecular formula is C22H17N4OP. The molecule has 1 aliphatic rings. The van der Waals surface area contributed by atoms with Gasteiger partial charge >= 0.3 is 0 Å². The van der Waals surface area contributed by atoms with Crippen molar-refractivity contribution in [2.75, 3.05) is 0 Å². The topological polar surface area (TPSA) is 66.6 Å². The molecule has 2 aromatic heterocycles. The summed E-state index contributed by atoms with van der Waals surface area (Å²) in [5.74, 6) is 1.82. The number of aromatic amines is 2. The van der Waals surface area contributed by atoms with Gasteiger partial charge in [0.1, 0.15) is 23.7 Å². The Morgan fingerprint density at radius 3 is 2.82 bits per heavy atom. The van der Waals surface area contributed by atoms with Gasteiger partial charge < -0.3 is 14.7 Å². The van der Waals surface area contributed by atoms with Crippen LogP contribution in [0.1, 0.15) is 11.4 Å². The van der Waals surface area contributed by atoms with E-state index < -0.39 is 0 Å². The Morgan fingerprint density at radius 1 is 1.04 bits per heavy atom. The molecule has 136 valence electrons. The predicted molar refractivity (Wildman–Crippen MR) is 115 cm³/mol. The number of fused-ring (bicyclic) bond motifs is 6. The second-order valence-corrected chi connectivity index (χ2v) is 7.74. The van der Waals surface area contributed by atoms with Crippen molar-refractivity contribution in [1.29, 1.82) is 0 Å². The third-order valence-electron chi connectivity index (χ3n) is 5.38. The minimum Gasteiger partial charge on any atom is -0.488 e. The first-order valence-corrected chi connectivity index (χ1v) is 9.73. The van der Waals surface area contributed by atoms with Gasteiger partial charge in [-0.1, -0.05) is 21.4 Å². The van der Waals surface area contributed by atoms with Crippen LogP contribution in [0.5, 0.6) is 5.75 Å². The van der Waals surface area contributed by atoms with E-state index in [2.05, 4.69) is 71.6 Å². The number of aromatic nitrogens is 4. The van der Waals surface area contributed by atoms with Crippen LogP contribution >= 0.6 is 9.24 Å². The number of aryl methyl sites for hydroxylation is 1. The van der Waals surface area contributed by atoms with E-state index in [0.29, 0.717) is 6.61 Å². The fourth-order valence-corrected chi connectivity index (χ4v) is 4.32. The molecule has 0 fully saturated rings. The first kappa shape index (κ1) is 15.8. The Morgan fingerprint density at radius 2 is 1.96 bits per heavy atom. The highest BCUT2D eigenvalue weighted by molar-refractivity contribution is 7.26. The molecule has 5 nitrogen and oxygen atoms in total. The van der Waals surface area contributed by atoms with Gasteiger partial charge in [-0.05, 0) is 53.8 Å². The van der Waals surface area contributed by atoms with Crippen LogP contribution < -0.4 is 10.3 Å². The Kier molecular flexibility index (Phi) is 3.21. The highest BCUT2D eigenvalue weighted by Gasteiger charge is 2.20. The molecule has 0 amide bonds. The monoisotopic (exact) mass is 384 g/mol. The van der Waals surface area contributed by atoms with Gasteiger partial charge in [0.15, 0.2) is 0 Å². The van der Waals surface area contributed by atoms with Crippen LogP contribution in [-0.2, 0) is 6.61 Å². The van der Waals surface area contributed by atoms with Crippen LogP contribution in [-0.4, -0.2) is 19.9 Å². The minimum absolute atomic E-state index is 0.558. The fraction of sp³-hybridized carbons (Fsp3) is 0.0909. The molecular weight excluding hydrogens is 367 g/mol. The lowest BCUT2D eigenvalue weighted by Gasteiger charge is -2.22. The summed E-state index contributed by atoms with van der Waals surface area (Å²) < 4.78 is 6.12. The average Bonchev–Trinajstić information content (AvgIpc) is 3.31. The van der Waals surface area contributed by atoms with Gasteiger partial charge in [-0.25, -0.2) is 9.97 Å². The third kappa shape index (κ3) is 2.30. The molecule has 28 heavy (non-hydrogen) atoms. The number of nitrogens with zero attached hydrogens (tertiary/aromatic N) is 2. The molecule has 0 saturated heterocycles. The summed E-state index contributed by atoms with van der Waals surface area (Å²) in [7, 11) is 2.63. The summed E-state index contributed by atoms with van der Waals surface area (Å²) in [6.07, 6.45) is 1.86. The second kappa shape index (κ2) is 5.66. The lowest BCUT2D eigenvalue weighted by atomic mass is 9.92. The van der Waals surface area contributed by atoms with E-state index in [1.165, 1.54) is 21.9 Å². The lowest BCUT2D eigenvalue weighted by molar-refractivity contribution is 0.302. The highest BCUT2D eigenvalue weighted by Crippen LogP contribution is 2.42. The SMILES string of the molecule is Cc1ncc(-c2ccc3c(c2)OCc2cc4c(ccc5nc(P)[nH]c54)cc2-3)[nH]1. The summed E-state index contributed by atoms with van der Waals surface area (Å²) in [6, 6.07) is 15.0. The minimum atomic E-state index is 0.558. The van der Waals surface area contributed by atoms with E-state index in [4.69, 9.17) is 4.74 Å². The molecule has 3 aromatic carbocycles. The normalized spacial score (nSPS) is 12.8. The van der Waals surface area contributed by atoms with Gasteiger partial charge in [-0.3, -0.25) is 0 Å². The zero-order chi connectivity index (χ0) is 18.8. The Balaban J connectivity index is 1.53. The fourth-order valence-electron chi connectivity index (χ4n) is 4.04. The Bertz CT molecular complexity index is 1400. The zero-order valence-corrected chi connectivity index (χ0v) is 16.4. The first-order valence-electron chi connectivity index (χ1n) is 9.16. The van der Waals surface area contributed by atoms with Crippen LogP contribution in [0.4, 0.5) is 0 Å². The van der Waals surface area contributed by atoms with Crippen molar-refractivity contribution in [3.05, 3.63) is 60.0 Å². The Labute approximate surface area is 163 Å². The first-order chi connectivity index (χ1) is 13.7. The number of H-pyrrole nitrogens is 2. The van der Waals surface area contributed by atoms with Crippen LogP contribution in [0.2, 0.25) is 0 Å². The van der Waals surface area contributed by atoms with Crippen molar-refractivity contribution in [1.82, 2.24) is 19.9 Å². The maximum atomic E-state index is 6.12. The molecule has 1 atom stereocenters. The lowest BCUT2D eigenvalue weighted by Crippen LogP contribution is -2.05. The van der Waals surface area contributed by atoms with E-state index in [-0.39, 0.29) is 0 Å². The molecule has 1 unspecified atom stereocenters. The maximum Gasteiger partial charge on any atom is 0.128 e. The number of imidazole rings is 2. The van der Waals surface area contributed by atoms with Crippen molar-refractivity contribution in [3.8, 4) is 28.1 Å². The molecule has 3 heterocycles. The number of ether oxygens (including phenoxy) is 1. The van der Waals surface area contributed by atoms with Gasteiger partial charge in [-0.15, -0.1) is 0 Å². The van der Waals surface area contributed by atoms with E-state index in [1.807, 2.05) is 13.1 Å². The number of rotatable bonds is 1. The van der Waals surface area contributed by atoms with Gasteiger partial charge in [0.2, 0.25) is 0 Å². The maximum absolute atomic E-state index is 6.12. The van der Waals surface area contributed by atoms with E-state index in [1.54, 1.807) is 0 Å². The predicted octanol–water partition coefficient (Wildman–Crippen LogP) is 4.47. The van der Waals surface area contributed by atoms with E-state index in [9.17, 15) is 0 Å². The molecule has 0 aliphatic carbocycles. The van der Waals surface area contributed by atoms with Crippen LogP contribution in [0.25, 0.3) is 44.2 Å². The standard InChI is InChI=1S/C22H17N4OP/c1-11-23-9-19(24-11)13-2-4-15-16-6-12-3-5-18-21(26-22(28)25-18)17(12)7-14(16)10-27-20(15)8-13/h2-9H,10,28H2,1H3,(H,23,24)(H,25,26). The molecule has 0 saturated carbocycles. The molecule has 0 spiro atoms. The second-order valence-electron chi connectivity index (χ2n) is 7.19. The summed E-state index contributed by atoms with van der Waals surface area (Å²) in [4.78, 5) is 15.5. The van der Waals surface area contributed by atoms with Crippen molar-refractivity contribution in [3.63, 3.8) is 0 Å². The van der Waals surface area contributed by atoms with Gasteiger partial charge in [0.25, 0.3) is 0 Å². The number of hydrogen-bond donors (Lipinski definition) is 2. The molecule has 5 aromatic rings. The summed E-state index contributed by atoms with van der Waals surface area (Å²) in [5, 5.41) is 2.37. The van der Waals surface area contributed by atoms with Crippen molar-refractivity contribution >= 4 is 36.6 Å². The molecule has 0 bridgehead atoms. The van der Waals surface area contributed by atoms with Gasteiger partial charge in [0.05, 0.1) is 22.9 Å². The molecule has 2 N–H and O–H groups in total. The molecule has 1 aliphatic heterocycles. The number of nitrogens with one attached hydrogen (secondary N) is 2. The highest BCUT2D eigenvalue weighted by atomic mass is 31.0. The quantitative estimate of drug-likeness (QED) is 0.419. The molecule has 6 heteroatoms. The van der Waals surface area contributed by atoms with Crippen LogP contribution in [0, 0.1) is 6.92 Å². The van der Waals surface area contributed by atoms with Crippen molar-refractivity contribution < 1.29 is 4.74 Å². The summed E-state index contributed by atoms with van der Waals surface area (Å²) in [5.41, 5.74) is 8.53. The molecule has 0 radical (unpaired) electrons. The zero-order valence-electron chi connectivity index (χ0n) is 15.2. The third-order valence-corrected chi connectivity index (χ3v) is 5.66. The largest absolute Gasteiger partial charge is 0.488 e. The van der Waals surface area contributed by atoms with Crippen LogP contribution in [0.15, 0.2) is 48.7 Å². The summed E-state index contributed by atoms with van der Waals surface area (Å²) in [6.45, 7) is 2.51. The number of benzene rings is 3. The average molecular weight is 384 g/mol. The van der Waals surface area contributed by atoms with Crippen molar-refractivity contribution in [2.24, 2.45) is 0 Å². The van der Waals surface area contributed by atoms with Gasteiger partial charge in [0, 0.05) is 16.5 Å². The molecule has 6 rings (SSSR count). The van der Waals surface area contributed by atoms with Crippen molar-refractivity contribution in [2.45, 2.75) is 13.5 Å². The smallest absolute Gasteiger partial charge is 0.128 e.